The van der Waals surface area contributed by atoms with E-state index in [1.165, 1.54) is 4.68 Å². The Labute approximate surface area is 197 Å². The molecule has 2 aromatic rings. The number of hydrogen-bond acceptors (Lipinski definition) is 6. The molecule has 34 heavy (non-hydrogen) atoms. The molecule has 2 aliphatic heterocycles. The third-order valence-corrected chi connectivity index (χ3v) is 7.44. The van der Waals surface area contributed by atoms with Crippen LogP contribution in [0.5, 0.6) is 0 Å². The van der Waals surface area contributed by atoms with E-state index in [9.17, 15) is 14.4 Å². The van der Waals surface area contributed by atoms with Crippen LogP contribution in [0.1, 0.15) is 61.0 Å². The van der Waals surface area contributed by atoms with E-state index in [2.05, 4.69) is 26.0 Å². The Kier molecular flexibility index (Phi) is 6.07. The summed E-state index contributed by atoms with van der Waals surface area (Å²) in [4.78, 5) is 43.5. The predicted molar refractivity (Wildman–Crippen MR) is 124 cm³/mol. The molecule has 0 unspecified atom stereocenters. The lowest BCUT2D eigenvalue weighted by Crippen LogP contribution is -2.49. The topological polar surface area (TPSA) is 127 Å². The standard InChI is InChI=1S/C24H30N6O4/c1-30-18(7-10-26-30)21(31)29-20(15-5-3-2-4-6-15)22(32)28-19-13-17-16(14-25-19)24(23(33)27-17)8-11-34-12-9-24/h7,10,13-15,20H,2-6,8-9,11-12H2,1H3,(H,27,33)(H,29,31)(H,25,28,32)/t20-/m0/s1. The zero-order valence-corrected chi connectivity index (χ0v) is 19.3. The van der Waals surface area contributed by atoms with Gasteiger partial charge in [0.15, 0.2) is 0 Å². The molecular weight excluding hydrogens is 436 g/mol. The van der Waals surface area contributed by atoms with Crippen LogP contribution in [0.3, 0.4) is 0 Å². The maximum Gasteiger partial charge on any atom is 0.270 e. The van der Waals surface area contributed by atoms with E-state index in [0.717, 1.165) is 37.7 Å². The molecule has 1 saturated heterocycles. The second-order valence-electron chi connectivity index (χ2n) is 9.44. The molecule has 0 radical (unpaired) electrons. The third-order valence-electron chi connectivity index (χ3n) is 7.44. The Morgan fingerprint density at radius 3 is 2.71 bits per heavy atom. The molecule has 1 saturated carbocycles. The molecule has 1 aliphatic carbocycles. The summed E-state index contributed by atoms with van der Waals surface area (Å²) in [7, 11) is 1.69. The highest BCUT2D eigenvalue weighted by Crippen LogP contribution is 2.44. The number of aryl methyl sites for hydroxylation is 1. The van der Waals surface area contributed by atoms with Crippen molar-refractivity contribution in [3.63, 3.8) is 0 Å². The predicted octanol–water partition coefficient (Wildman–Crippen LogP) is 2.13. The van der Waals surface area contributed by atoms with Crippen molar-refractivity contribution in [3.05, 3.63) is 35.8 Å². The average Bonchev–Trinajstić information content (AvgIpc) is 3.39. The van der Waals surface area contributed by atoms with E-state index in [-0.39, 0.29) is 23.6 Å². The maximum atomic E-state index is 13.4. The first-order valence-corrected chi connectivity index (χ1v) is 12.0. The van der Waals surface area contributed by atoms with E-state index in [1.807, 2.05) is 0 Å². The fourth-order valence-electron chi connectivity index (χ4n) is 5.47. The van der Waals surface area contributed by atoms with Crippen LogP contribution in [0.2, 0.25) is 0 Å². The molecule has 2 fully saturated rings. The number of pyridine rings is 1. The van der Waals surface area contributed by atoms with E-state index in [1.54, 1.807) is 31.6 Å². The first-order chi connectivity index (χ1) is 16.5. The summed E-state index contributed by atoms with van der Waals surface area (Å²) in [5.74, 6) is -0.282. The van der Waals surface area contributed by atoms with Crippen LogP contribution in [0, 0.1) is 5.92 Å². The zero-order valence-electron chi connectivity index (χ0n) is 19.3. The van der Waals surface area contributed by atoms with Crippen molar-refractivity contribution in [2.45, 2.75) is 56.4 Å². The summed E-state index contributed by atoms with van der Waals surface area (Å²) in [5, 5.41) is 12.8. The fourth-order valence-corrected chi connectivity index (χ4v) is 5.47. The van der Waals surface area contributed by atoms with E-state index < -0.39 is 11.5 Å². The summed E-state index contributed by atoms with van der Waals surface area (Å²) in [5.41, 5.74) is 1.32. The second-order valence-corrected chi connectivity index (χ2v) is 9.44. The summed E-state index contributed by atoms with van der Waals surface area (Å²) in [6.07, 6.45) is 9.42. The molecule has 3 aliphatic rings. The number of carbonyl (C=O) groups excluding carboxylic acids is 3. The van der Waals surface area contributed by atoms with Crippen molar-refractivity contribution in [1.82, 2.24) is 20.1 Å². The van der Waals surface area contributed by atoms with Gasteiger partial charge in [0.25, 0.3) is 5.91 Å². The van der Waals surface area contributed by atoms with Crippen molar-refractivity contribution >= 4 is 29.2 Å². The SMILES string of the molecule is Cn1nccc1C(=O)N[C@H](C(=O)Nc1cc2c(cn1)C1(CCOCC1)C(=O)N2)C1CCCCC1. The fraction of sp³-hybridized carbons (Fsp3) is 0.542. The number of aromatic nitrogens is 3. The molecule has 0 bridgehead atoms. The molecule has 2 aromatic heterocycles. The minimum absolute atomic E-state index is 0.0420. The number of nitrogens with zero attached hydrogens (tertiary/aromatic N) is 3. The Morgan fingerprint density at radius 2 is 2.00 bits per heavy atom. The summed E-state index contributed by atoms with van der Waals surface area (Å²) < 4.78 is 6.94. The molecule has 3 N–H and O–H groups in total. The summed E-state index contributed by atoms with van der Waals surface area (Å²) in [6, 6.07) is 2.65. The highest BCUT2D eigenvalue weighted by molar-refractivity contribution is 6.07. The van der Waals surface area contributed by atoms with Crippen molar-refractivity contribution in [3.8, 4) is 0 Å². The van der Waals surface area contributed by atoms with Gasteiger partial charge in [0.1, 0.15) is 17.6 Å². The van der Waals surface area contributed by atoms with Gasteiger partial charge in [0.2, 0.25) is 11.8 Å². The van der Waals surface area contributed by atoms with Crippen LogP contribution < -0.4 is 16.0 Å². The smallest absolute Gasteiger partial charge is 0.270 e. The van der Waals surface area contributed by atoms with Gasteiger partial charge in [-0.2, -0.15) is 5.10 Å². The highest BCUT2D eigenvalue weighted by Gasteiger charge is 2.48. The normalized spacial score (nSPS) is 20.4. The van der Waals surface area contributed by atoms with Gasteiger partial charge >= 0.3 is 0 Å². The minimum Gasteiger partial charge on any atom is -0.381 e. The van der Waals surface area contributed by atoms with Crippen LogP contribution in [0.4, 0.5) is 11.5 Å². The quantitative estimate of drug-likeness (QED) is 0.620. The number of carbonyl (C=O) groups is 3. The molecule has 0 aromatic carbocycles. The number of nitrogens with one attached hydrogen (secondary N) is 3. The summed E-state index contributed by atoms with van der Waals surface area (Å²) in [6.45, 7) is 1.07. The Morgan fingerprint density at radius 1 is 1.24 bits per heavy atom. The number of hydrogen-bond donors (Lipinski definition) is 3. The lowest BCUT2D eigenvalue weighted by atomic mass is 9.76. The van der Waals surface area contributed by atoms with Gasteiger partial charge in [-0.3, -0.25) is 19.1 Å². The van der Waals surface area contributed by atoms with Gasteiger partial charge in [0.05, 0.1) is 11.1 Å². The van der Waals surface area contributed by atoms with Gasteiger partial charge in [-0.15, -0.1) is 0 Å². The van der Waals surface area contributed by atoms with Crippen molar-refractivity contribution in [2.75, 3.05) is 23.8 Å². The minimum atomic E-state index is -0.686. The van der Waals surface area contributed by atoms with Crippen LogP contribution in [0.25, 0.3) is 0 Å². The Hall–Kier alpha value is -3.27. The molecule has 1 atom stereocenters. The number of fused-ring (bicyclic) bond motifs is 2. The van der Waals surface area contributed by atoms with Gasteiger partial charge in [-0.05, 0) is 37.7 Å². The molecule has 10 nitrogen and oxygen atoms in total. The highest BCUT2D eigenvalue weighted by atomic mass is 16.5. The molecule has 10 heteroatoms. The number of ether oxygens (including phenoxy) is 1. The zero-order chi connectivity index (χ0) is 23.7. The number of rotatable bonds is 5. The van der Waals surface area contributed by atoms with E-state index in [0.29, 0.717) is 43.3 Å². The summed E-state index contributed by atoms with van der Waals surface area (Å²) >= 11 is 0. The van der Waals surface area contributed by atoms with Crippen molar-refractivity contribution in [1.29, 1.82) is 0 Å². The van der Waals surface area contributed by atoms with Gasteiger partial charge in [0, 0.05) is 44.3 Å². The second kappa shape index (κ2) is 9.17. The Bertz CT molecular complexity index is 1100. The average molecular weight is 467 g/mol. The van der Waals surface area contributed by atoms with Crippen LogP contribution >= 0.6 is 0 Å². The molecular formula is C24H30N6O4. The lowest BCUT2D eigenvalue weighted by Gasteiger charge is -2.31. The van der Waals surface area contributed by atoms with E-state index in [4.69, 9.17) is 4.74 Å². The number of anilines is 2. The maximum absolute atomic E-state index is 13.4. The van der Waals surface area contributed by atoms with Gasteiger partial charge in [-0.1, -0.05) is 19.3 Å². The van der Waals surface area contributed by atoms with Crippen LogP contribution in [-0.2, 0) is 26.8 Å². The third kappa shape index (κ3) is 4.06. The van der Waals surface area contributed by atoms with Gasteiger partial charge < -0.3 is 20.7 Å². The molecule has 180 valence electrons. The Balaban J connectivity index is 1.35. The van der Waals surface area contributed by atoms with Crippen molar-refractivity contribution in [2.24, 2.45) is 13.0 Å². The largest absolute Gasteiger partial charge is 0.381 e. The van der Waals surface area contributed by atoms with Gasteiger partial charge in [-0.25, -0.2) is 4.98 Å². The molecule has 4 heterocycles. The first kappa shape index (κ1) is 22.5. The molecule has 3 amide bonds. The first-order valence-electron chi connectivity index (χ1n) is 12.0. The van der Waals surface area contributed by atoms with Crippen LogP contribution in [-0.4, -0.2) is 51.7 Å². The monoisotopic (exact) mass is 466 g/mol. The number of amides is 3. The lowest BCUT2D eigenvalue weighted by molar-refractivity contribution is -0.124. The molecule has 5 rings (SSSR count). The van der Waals surface area contributed by atoms with Crippen molar-refractivity contribution < 1.29 is 19.1 Å². The van der Waals surface area contributed by atoms with Crippen LogP contribution in [0.15, 0.2) is 24.5 Å². The van der Waals surface area contributed by atoms with E-state index >= 15 is 0 Å². The molecule has 1 spiro atoms.